The number of fused-ring (bicyclic) bond motifs is 1. The fraction of sp³-hybridized carbons (Fsp3) is 0.568. The van der Waals surface area contributed by atoms with Crippen LogP contribution in [0.2, 0.25) is 0 Å². The lowest BCUT2D eigenvalue weighted by atomic mass is 9.59. The monoisotopic (exact) mass is 844 g/mol. The number of carboxylic acid groups (broad SMARTS) is 3. The Labute approximate surface area is 327 Å². The summed E-state index contributed by atoms with van der Waals surface area (Å²) in [6.45, 7) is 12.0. The maximum Gasteiger partial charge on any atom is 0.490 e. The second kappa shape index (κ2) is 18.4. The first kappa shape index (κ1) is 47.6. The van der Waals surface area contributed by atoms with E-state index in [0.29, 0.717) is 17.4 Å². The molecule has 0 radical (unpaired) electrons. The van der Waals surface area contributed by atoms with Crippen molar-refractivity contribution >= 4 is 28.9 Å². The van der Waals surface area contributed by atoms with Crippen LogP contribution in [0.5, 0.6) is 11.5 Å². The van der Waals surface area contributed by atoms with Crippen LogP contribution in [0.1, 0.15) is 56.6 Å². The fourth-order valence-electron chi connectivity index (χ4n) is 7.19. The van der Waals surface area contributed by atoms with Crippen LogP contribution < -0.4 is 9.47 Å². The zero-order chi connectivity index (χ0) is 44.1. The summed E-state index contributed by atoms with van der Waals surface area (Å²) in [7, 11) is 5.47. The Kier molecular flexibility index (Phi) is 15.1. The van der Waals surface area contributed by atoms with Crippen LogP contribution in [0.25, 0.3) is 22.4 Å². The Hall–Kier alpha value is -4.79. The lowest BCUT2D eigenvalue weighted by Gasteiger charge is -2.62. The third kappa shape index (κ3) is 11.9. The largest absolute Gasteiger partial charge is 0.493 e. The number of nitrogens with zero attached hydrogens (tertiary/aromatic N) is 4. The molecule has 1 aliphatic carbocycles. The van der Waals surface area contributed by atoms with Gasteiger partial charge in [0.15, 0.2) is 11.5 Å². The molecule has 0 unspecified atom stereocenters. The number of likely N-dealkylation sites (tertiary alicyclic amines) is 2. The Morgan fingerprint density at radius 1 is 0.793 bits per heavy atom. The molecule has 2 aromatic carbocycles. The highest BCUT2D eigenvalue weighted by atomic mass is 19.4. The van der Waals surface area contributed by atoms with E-state index in [9.17, 15) is 39.5 Å². The number of halogens is 9. The number of ether oxygens (including phenoxy) is 2. The van der Waals surface area contributed by atoms with Crippen molar-refractivity contribution in [1.29, 1.82) is 0 Å². The predicted molar refractivity (Wildman–Crippen MR) is 191 cm³/mol. The number of methoxy groups -OCH3 is 2. The van der Waals surface area contributed by atoms with Crippen molar-refractivity contribution in [2.75, 3.05) is 40.4 Å². The standard InChI is InChI=1S/C31H42N4O2.3C2HF3O2/c1-20(2)35-18-31(19-35)16-25(17-31)34-11-9-22(10-12-34)24-13-21(3)29-26(14-24)33(4)30(32-29)23-7-8-27(36-5)28(15-23)37-6;3*3-2(4,5)1(6)7/h7-8,13-15,20,22,25H,9-12,16-19H2,1-6H3;3*(H,6,7). The minimum absolute atomic E-state index is 0.632. The number of rotatable bonds is 6. The van der Waals surface area contributed by atoms with Gasteiger partial charge in [0.05, 0.1) is 25.3 Å². The van der Waals surface area contributed by atoms with Crippen LogP contribution in [-0.4, -0.2) is 124 Å². The summed E-state index contributed by atoms with van der Waals surface area (Å²) >= 11 is 0. The van der Waals surface area contributed by atoms with E-state index in [4.69, 9.17) is 44.2 Å². The van der Waals surface area contributed by atoms with Crippen LogP contribution in [0.4, 0.5) is 39.5 Å². The van der Waals surface area contributed by atoms with Crippen molar-refractivity contribution in [2.24, 2.45) is 12.5 Å². The van der Waals surface area contributed by atoms with Crippen molar-refractivity contribution < 1.29 is 78.7 Å². The Morgan fingerprint density at radius 2 is 1.26 bits per heavy atom. The second-order valence-corrected chi connectivity index (χ2v) is 14.5. The van der Waals surface area contributed by atoms with Crippen molar-refractivity contribution in [3.8, 4) is 22.9 Å². The Morgan fingerprint density at radius 3 is 1.67 bits per heavy atom. The van der Waals surface area contributed by atoms with E-state index in [0.717, 1.165) is 34.4 Å². The molecule has 2 aliphatic heterocycles. The van der Waals surface area contributed by atoms with E-state index in [1.54, 1.807) is 14.2 Å². The molecule has 3 aliphatic rings. The molecule has 2 saturated heterocycles. The molecular weight excluding hydrogens is 799 g/mol. The highest BCUT2D eigenvalue weighted by Crippen LogP contribution is 2.51. The summed E-state index contributed by atoms with van der Waals surface area (Å²) in [5, 5.41) is 21.4. The van der Waals surface area contributed by atoms with Crippen molar-refractivity contribution in [1.82, 2.24) is 19.4 Å². The molecule has 21 heteroatoms. The minimum atomic E-state index is -5.08. The zero-order valence-electron chi connectivity index (χ0n) is 32.3. The van der Waals surface area contributed by atoms with Gasteiger partial charge >= 0.3 is 36.4 Å². The van der Waals surface area contributed by atoms with Crippen LogP contribution in [-0.2, 0) is 21.4 Å². The number of carbonyl (C=O) groups is 3. The van der Waals surface area contributed by atoms with Crippen LogP contribution in [0, 0.1) is 12.3 Å². The van der Waals surface area contributed by atoms with Crippen molar-refractivity contribution in [3.63, 3.8) is 0 Å². The van der Waals surface area contributed by atoms with Gasteiger partial charge < -0.3 is 34.3 Å². The molecule has 0 atom stereocenters. The molecule has 3 fully saturated rings. The quantitative estimate of drug-likeness (QED) is 0.211. The SMILES string of the molecule is COc1ccc(-c2nc3c(C)cc(C4CCN(C5CC6(C5)CN(C(C)C)C6)CC4)cc3n2C)cc1OC.O=C(O)C(F)(F)F.O=C(O)C(F)(F)F.O=C(O)C(F)(F)F. The molecule has 58 heavy (non-hydrogen) atoms. The first-order valence-electron chi connectivity index (χ1n) is 17.7. The van der Waals surface area contributed by atoms with E-state index in [-0.39, 0.29) is 0 Å². The van der Waals surface area contributed by atoms with Crippen LogP contribution >= 0.6 is 0 Å². The summed E-state index contributed by atoms with van der Waals surface area (Å²) in [6.07, 6.45) is -9.90. The van der Waals surface area contributed by atoms with Gasteiger partial charge in [-0.05, 0) is 106 Å². The lowest BCUT2D eigenvalue weighted by Crippen LogP contribution is -2.68. The molecule has 3 N–H and O–H groups in total. The van der Waals surface area contributed by atoms with Crippen LogP contribution in [0.3, 0.4) is 0 Å². The maximum atomic E-state index is 10.6. The topological polar surface area (TPSA) is 155 Å². The van der Waals surface area contributed by atoms with Gasteiger partial charge in [0.1, 0.15) is 5.82 Å². The molecule has 1 aromatic heterocycles. The lowest BCUT2D eigenvalue weighted by molar-refractivity contribution is -0.193. The van der Waals surface area contributed by atoms with E-state index in [1.807, 2.05) is 12.1 Å². The molecule has 12 nitrogen and oxygen atoms in total. The third-order valence-electron chi connectivity index (χ3n) is 10.2. The summed E-state index contributed by atoms with van der Waals surface area (Å²) in [5.74, 6) is -5.22. The first-order chi connectivity index (χ1) is 26.6. The van der Waals surface area contributed by atoms with Crippen molar-refractivity contribution in [3.05, 3.63) is 41.5 Å². The summed E-state index contributed by atoms with van der Waals surface area (Å²) in [5.41, 5.74) is 6.72. The van der Waals surface area contributed by atoms with Gasteiger partial charge in [-0.3, -0.25) is 4.90 Å². The van der Waals surface area contributed by atoms with Gasteiger partial charge in [-0.15, -0.1) is 0 Å². The number of imidazole rings is 1. The average Bonchev–Trinajstić information content (AvgIpc) is 3.42. The molecule has 3 heterocycles. The number of benzene rings is 2. The number of aliphatic carboxylic acids is 3. The first-order valence-corrected chi connectivity index (χ1v) is 17.7. The zero-order valence-corrected chi connectivity index (χ0v) is 32.3. The number of hydrogen-bond acceptors (Lipinski definition) is 8. The number of alkyl halides is 9. The molecule has 324 valence electrons. The van der Waals surface area contributed by atoms with Gasteiger partial charge in [0, 0.05) is 37.8 Å². The van der Waals surface area contributed by atoms with E-state index >= 15 is 0 Å². The molecule has 1 spiro atoms. The van der Waals surface area contributed by atoms with Crippen molar-refractivity contribution in [2.45, 2.75) is 83.0 Å². The van der Waals surface area contributed by atoms with E-state index < -0.39 is 36.4 Å². The van der Waals surface area contributed by atoms with Gasteiger partial charge in [0.25, 0.3) is 0 Å². The van der Waals surface area contributed by atoms with Gasteiger partial charge in [-0.25, -0.2) is 19.4 Å². The second-order valence-electron chi connectivity index (χ2n) is 14.5. The molecule has 0 bridgehead atoms. The van der Waals surface area contributed by atoms with Gasteiger partial charge in [-0.1, -0.05) is 6.07 Å². The average molecular weight is 845 g/mol. The summed E-state index contributed by atoms with van der Waals surface area (Å²) in [4.78, 5) is 37.2. The number of hydrogen-bond donors (Lipinski definition) is 3. The fourth-order valence-corrected chi connectivity index (χ4v) is 7.19. The Bertz CT molecular complexity index is 1850. The third-order valence-corrected chi connectivity index (χ3v) is 10.2. The van der Waals surface area contributed by atoms with Gasteiger partial charge in [-0.2, -0.15) is 39.5 Å². The summed E-state index contributed by atoms with van der Waals surface area (Å²) in [6, 6.07) is 12.3. The van der Waals surface area contributed by atoms with E-state index in [2.05, 4.69) is 60.4 Å². The molecule has 1 saturated carbocycles. The molecule has 0 amide bonds. The molecule has 3 aromatic rings. The molecular formula is C37H45F9N4O8. The maximum absolute atomic E-state index is 10.6. The number of aryl methyl sites for hydroxylation is 2. The number of aromatic nitrogens is 2. The number of piperidine rings is 1. The highest BCUT2D eigenvalue weighted by molar-refractivity contribution is 5.84. The molecule has 6 rings (SSSR count). The normalized spacial score (nSPS) is 17.4. The Balaban J connectivity index is 0.000000353. The van der Waals surface area contributed by atoms with Gasteiger partial charge in [0.2, 0.25) is 0 Å². The highest BCUT2D eigenvalue weighted by Gasteiger charge is 2.54. The van der Waals surface area contributed by atoms with Crippen LogP contribution in [0.15, 0.2) is 30.3 Å². The van der Waals surface area contributed by atoms with E-state index in [1.165, 1.54) is 68.5 Å². The minimum Gasteiger partial charge on any atom is -0.493 e. The smallest absolute Gasteiger partial charge is 0.490 e. The number of carboxylic acids is 3. The predicted octanol–water partition coefficient (Wildman–Crippen LogP) is 7.52. The summed E-state index contributed by atoms with van der Waals surface area (Å²) < 4.78 is 108.